The Morgan fingerprint density at radius 3 is 2.53 bits per heavy atom. The molecule has 1 aliphatic heterocycles. The van der Waals surface area contributed by atoms with Crippen molar-refractivity contribution in [3.63, 3.8) is 0 Å². The first-order valence-corrected chi connectivity index (χ1v) is 10.2. The maximum Gasteiger partial charge on any atom is 0.270 e. The molecule has 0 bridgehead atoms. The van der Waals surface area contributed by atoms with Gasteiger partial charge in [0.1, 0.15) is 6.26 Å². The van der Waals surface area contributed by atoms with Gasteiger partial charge in [-0.05, 0) is 30.3 Å². The van der Waals surface area contributed by atoms with Crippen molar-refractivity contribution < 1.29 is 14.1 Å². The number of benzene rings is 2. The Labute approximate surface area is 188 Å². The van der Waals surface area contributed by atoms with Gasteiger partial charge in [-0.25, -0.2) is 0 Å². The Hall–Kier alpha value is -2.72. The first-order valence-electron chi connectivity index (χ1n) is 8.19. The van der Waals surface area contributed by atoms with Crippen LogP contribution in [0.3, 0.4) is 0 Å². The van der Waals surface area contributed by atoms with Crippen molar-refractivity contribution in [2.45, 2.75) is 0 Å². The summed E-state index contributed by atoms with van der Waals surface area (Å²) >= 11 is 18.3. The van der Waals surface area contributed by atoms with Crippen molar-refractivity contribution in [1.82, 2.24) is 0 Å². The van der Waals surface area contributed by atoms with Gasteiger partial charge < -0.3 is 4.42 Å². The van der Waals surface area contributed by atoms with Crippen LogP contribution in [0.1, 0.15) is 5.56 Å². The number of hydrogen-bond donors (Lipinski definition) is 0. The highest BCUT2D eigenvalue weighted by Gasteiger charge is 2.33. The van der Waals surface area contributed by atoms with E-state index in [1.54, 1.807) is 0 Å². The summed E-state index contributed by atoms with van der Waals surface area (Å²) < 4.78 is 5.70. The van der Waals surface area contributed by atoms with Crippen LogP contribution in [0, 0.1) is 10.1 Å². The summed E-state index contributed by atoms with van der Waals surface area (Å²) in [6, 6.07) is 8.32. The number of anilines is 1. The van der Waals surface area contributed by atoms with E-state index in [0.717, 1.165) is 11.8 Å². The molecule has 1 saturated heterocycles. The van der Waals surface area contributed by atoms with Crippen LogP contribution in [-0.4, -0.2) is 15.2 Å². The Kier molecular flexibility index (Phi) is 5.37. The van der Waals surface area contributed by atoms with Crippen molar-refractivity contribution in [2.24, 2.45) is 0 Å². The second-order valence-corrected chi connectivity index (χ2v) is 8.59. The Bertz CT molecular complexity index is 1340. The normalized spacial score (nSPS) is 15.4. The fraction of sp³-hybridized carbons (Fsp3) is 0. The van der Waals surface area contributed by atoms with Gasteiger partial charge >= 0.3 is 0 Å². The number of fused-ring (bicyclic) bond motifs is 1. The van der Waals surface area contributed by atoms with Crippen LogP contribution in [0.4, 0.5) is 11.4 Å². The monoisotopic (exact) mass is 478 g/mol. The summed E-state index contributed by atoms with van der Waals surface area (Å²) in [7, 11) is 0. The van der Waals surface area contributed by atoms with E-state index in [1.807, 2.05) is 0 Å². The number of thiocarbonyl (C=S) groups is 1. The van der Waals surface area contributed by atoms with E-state index in [-0.39, 0.29) is 41.5 Å². The zero-order valence-corrected chi connectivity index (χ0v) is 17.8. The molecule has 3 aromatic rings. The van der Waals surface area contributed by atoms with Gasteiger partial charge in [-0.3, -0.25) is 24.6 Å². The number of carbonyl (C=O) groups is 1. The third-order valence-electron chi connectivity index (χ3n) is 4.22. The number of halogens is 2. The van der Waals surface area contributed by atoms with E-state index < -0.39 is 16.3 Å². The van der Waals surface area contributed by atoms with E-state index in [2.05, 4.69) is 0 Å². The number of non-ortho nitro benzene ring substituents is 1. The number of thioether (sulfide) groups is 1. The zero-order chi connectivity index (χ0) is 21.6. The summed E-state index contributed by atoms with van der Waals surface area (Å²) in [6.45, 7) is 0. The predicted octanol–water partition coefficient (Wildman–Crippen LogP) is 5.41. The smallest absolute Gasteiger partial charge is 0.270 e. The van der Waals surface area contributed by atoms with Crippen molar-refractivity contribution in [3.8, 4) is 0 Å². The molecule has 11 heteroatoms. The van der Waals surface area contributed by atoms with Gasteiger partial charge in [0.25, 0.3) is 11.6 Å². The molecule has 0 unspecified atom stereocenters. The third-order valence-corrected chi connectivity index (χ3v) is 6.02. The zero-order valence-electron chi connectivity index (χ0n) is 14.6. The topological polar surface area (TPSA) is 93.7 Å². The minimum absolute atomic E-state index is 0.106. The molecule has 150 valence electrons. The maximum atomic E-state index is 12.9. The molecule has 0 spiro atoms. The average Bonchev–Trinajstić information content (AvgIpc) is 2.97. The largest absolute Gasteiger partial charge is 0.462 e. The lowest BCUT2D eigenvalue weighted by Crippen LogP contribution is -2.27. The number of carbonyl (C=O) groups excluding carboxylic acids is 1. The summed E-state index contributed by atoms with van der Waals surface area (Å²) in [5.41, 5.74) is 0.203. The van der Waals surface area contributed by atoms with E-state index in [0.29, 0.717) is 5.69 Å². The fourth-order valence-electron chi connectivity index (χ4n) is 2.83. The molecule has 2 heterocycles. The molecule has 1 aliphatic rings. The standard InChI is InChI=1S/C19H8Cl2N2O5S2/c20-10-6-13-16(24)9(8-28-17(13)14(21)7-10)5-15-18(25)22(19(29)30-15)11-1-3-12(4-2-11)23(26)27/h1-8H/b15-5+. The van der Waals surface area contributed by atoms with Crippen molar-refractivity contribution in [2.75, 3.05) is 4.90 Å². The highest BCUT2D eigenvalue weighted by Crippen LogP contribution is 2.36. The molecule has 1 aromatic heterocycles. The first kappa shape index (κ1) is 20.5. The molecule has 30 heavy (non-hydrogen) atoms. The average molecular weight is 479 g/mol. The molecule has 4 rings (SSSR count). The van der Waals surface area contributed by atoms with E-state index >= 15 is 0 Å². The molecule has 2 aromatic carbocycles. The number of hydrogen-bond acceptors (Lipinski definition) is 7. The molecule has 0 saturated carbocycles. The van der Waals surface area contributed by atoms with Crippen LogP contribution in [-0.2, 0) is 4.79 Å². The van der Waals surface area contributed by atoms with Gasteiger partial charge in [0.2, 0.25) is 0 Å². The number of nitro benzene ring substituents is 1. The second-order valence-electron chi connectivity index (χ2n) is 6.08. The van der Waals surface area contributed by atoms with E-state index in [1.165, 1.54) is 53.6 Å². The molecule has 0 N–H and O–H groups in total. The van der Waals surface area contributed by atoms with Crippen LogP contribution in [0.2, 0.25) is 10.0 Å². The first-order chi connectivity index (χ1) is 14.3. The molecule has 0 aliphatic carbocycles. The minimum Gasteiger partial charge on any atom is -0.462 e. The van der Waals surface area contributed by atoms with Crippen LogP contribution in [0.25, 0.3) is 17.0 Å². The molecule has 0 radical (unpaired) electrons. The fourth-order valence-corrected chi connectivity index (χ4v) is 4.66. The van der Waals surface area contributed by atoms with Crippen molar-refractivity contribution in [3.05, 3.63) is 83.5 Å². The van der Waals surface area contributed by atoms with Gasteiger partial charge in [0.05, 0.1) is 31.5 Å². The van der Waals surface area contributed by atoms with Gasteiger partial charge in [0.15, 0.2) is 15.3 Å². The van der Waals surface area contributed by atoms with Gasteiger partial charge in [-0.1, -0.05) is 47.2 Å². The summed E-state index contributed by atoms with van der Waals surface area (Å²) in [5.74, 6) is -0.456. The summed E-state index contributed by atoms with van der Waals surface area (Å²) in [5, 5.41) is 11.5. The minimum atomic E-state index is -0.536. The number of nitrogens with zero attached hydrogens (tertiary/aromatic N) is 2. The summed E-state index contributed by atoms with van der Waals surface area (Å²) in [4.78, 5) is 37.4. The highest BCUT2D eigenvalue weighted by atomic mass is 35.5. The quantitative estimate of drug-likeness (QED) is 0.215. The molecule has 0 atom stereocenters. The van der Waals surface area contributed by atoms with Gasteiger partial charge in [0, 0.05) is 17.2 Å². The van der Waals surface area contributed by atoms with E-state index in [9.17, 15) is 19.7 Å². The van der Waals surface area contributed by atoms with Crippen LogP contribution < -0.4 is 10.3 Å². The Morgan fingerprint density at radius 1 is 1.17 bits per heavy atom. The van der Waals surface area contributed by atoms with Crippen molar-refractivity contribution >= 4 is 85.8 Å². The SMILES string of the molecule is O=C1/C(=C\c2coc3c(Cl)cc(Cl)cc3c2=O)SC(=S)N1c1ccc([N+](=O)[O-])cc1. The van der Waals surface area contributed by atoms with E-state index in [4.69, 9.17) is 39.8 Å². The molecule has 7 nitrogen and oxygen atoms in total. The lowest BCUT2D eigenvalue weighted by atomic mass is 10.1. The van der Waals surface area contributed by atoms with Crippen LogP contribution in [0.5, 0.6) is 0 Å². The lowest BCUT2D eigenvalue weighted by Gasteiger charge is -2.13. The molecule has 1 fully saturated rings. The van der Waals surface area contributed by atoms with Crippen LogP contribution >= 0.6 is 47.2 Å². The predicted molar refractivity (Wildman–Crippen MR) is 121 cm³/mol. The third kappa shape index (κ3) is 3.61. The number of nitro groups is 1. The Morgan fingerprint density at radius 2 is 1.87 bits per heavy atom. The van der Waals surface area contributed by atoms with Crippen molar-refractivity contribution in [1.29, 1.82) is 0 Å². The maximum absolute atomic E-state index is 12.9. The highest BCUT2D eigenvalue weighted by molar-refractivity contribution is 8.27. The van der Waals surface area contributed by atoms with Crippen LogP contribution in [0.15, 0.2) is 56.8 Å². The number of rotatable bonds is 3. The second kappa shape index (κ2) is 7.84. The summed E-state index contributed by atoms with van der Waals surface area (Å²) in [6.07, 6.45) is 2.59. The lowest BCUT2D eigenvalue weighted by molar-refractivity contribution is -0.384. The molecule has 1 amide bonds. The van der Waals surface area contributed by atoms with Gasteiger partial charge in [-0.2, -0.15) is 0 Å². The molecular formula is C19H8Cl2N2O5S2. The number of amides is 1. The Balaban J connectivity index is 1.72. The molecular weight excluding hydrogens is 471 g/mol. The van der Waals surface area contributed by atoms with Gasteiger partial charge in [-0.15, -0.1) is 0 Å².